The number of hydrogen-bond acceptors (Lipinski definition) is 2. The van der Waals surface area contributed by atoms with Gasteiger partial charge in [0.05, 0.1) is 6.07 Å². The SMILES string of the molecule is N#CCCCNC1C2C3CCC(C3)C12. The lowest BCUT2D eigenvalue weighted by atomic mass is 10.0. The third kappa shape index (κ3) is 1.19. The molecule has 3 aliphatic rings. The zero-order valence-electron chi connectivity index (χ0n) is 8.58. The van der Waals surface area contributed by atoms with E-state index in [0.29, 0.717) is 6.42 Å². The monoisotopic (exact) mass is 190 g/mol. The quantitative estimate of drug-likeness (QED) is 0.687. The molecular weight excluding hydrogens is 172 g/mol. The van der Waals surface area contributed by atoms with Gasteiger partial charge in [-0.05, 0) is 55.9 Å². The van der Waals surface area contributed by atoms with Gasteiger partial charge in [-0.1, -0.05) is 0 Å². The first-order valence-electron chi connectivity index (χ1n) is 6.02. The van der Waals surface area contributed by atoms with Gasteiger partial charge in [-0.15, -0.1) is 0 Å². The van der Waals surface area contributed by atoms with Crippen molar-refractivity contribution >= 4 is 0 Å². The molecule has 4 atom stereocenters. The predicted octanol–water partition coefficient (Wildman–Crippen LogP) is 1.92. The zero-order valence-corrected chi connectivity index (χ0v) is 8.58. The van der Waals surface area contributed by atoms with Gasteiger partial charge in [0.15, 0.2) is 0 Å². The number of nitrogens with zero attached hydrogens (tertiary/aromatic N) is 1. The Morgan fingerprint density at radius 2 is 1.93 bits per heavy atom. The molecule has 0 amide bonds. The van der Waals surface area contributed by atoms with E-state index in [-0.39, 0.29) is 0 Å². The first-order valence-corrected chi connectivity index (χ1v) is 6.02. The smallest absolute Gasteiger partial charge is 0.0622 e. The summed E-state index contributed by atoms with van der Waals surface area (Å²) < 4.78 is 0. The van der Waals surface area contributed by atoms with Gasteiger partial charge in [-0.3, -0.25) is 0 Å². The van der Waals surface area contributed by atoms with Gasteiger partial charge in [0.25, 0.3) is 0 Å². The average molecular weight is 190 g/mol. The van der Waals surface area contributed by atoms with Crippen molar-refractivity contribution in [3.05, 3.63) is 0 Å². The standard InChI is InChI=1S/C12H18N2/c13-5-1-2-6-14-12-10-8-3-4-9(7-8)11(10)12/h8-12,14H,1-4,6-7H2. The van der Waals surface area contributed by atoms with Crippen LogP contribution < -0.4 is 5.32 Å². The van der Waals surface area contributed by atoms with Crippen molar-refractivity contribution in [1.82, 2.24) is 5.32 Å². The third-order valence-corrected chi connectivity index (χ3v) is 4.58. The summed E-state index contributed by atoms with van der Waals surface area (Å²) in [6.07, 6.45) is 6.28. The molecule has 2 nitrogen and oxygen atoms in total. The van der Waals surface area contributed by atoms with Crippen molar-refractivity contribution in [1.29, 1.82) is 5.26 Å². The fourth-order valence-electron chi connectivity index (χ4n) is 4.03. The fourth-order valence-corrected chi connectivity index (χ4v) is 4.03. The summed E-state index contributed by atoms with van der Waals surface area (Å²) in [5.74, 6) is 4.21. The van der Waals surface area contributed by atoms with Crippen molar-refractivity contribution in [2.75, 3.05) is 6.54 Å². The summed E-state index contributed by atoms with van der Waals surface area (Å²) in [5, 5.41) is 12.1. The molecule has 3 aliphatic carbocycles. The van der Waals surface area contributed by atoms with Crippen LogP contribution in [-0.4, -0.2) is 12.6 Å². The summed E-state index contributed by atoms with van der Waals surface area (Å²) in [6, 6.07) is 3.05. The predicted molar refractivity (Wildman–Crippen MR) is 54.4 cm³/mol. The van der Waals surface area contributed by atoms with Gasteiger partial charge in [-0.25, -0.2) is 0 Å². The number of nitrogens with one attached hydrogen (secondary N) is 1. The van der Waals surface area contributed by atoms with Crippen LogP contribution in [0.15, 0.2) is 0 Å². The lowest BCUT2D eigenvalue weighted by Crippen LogP contribution is -2.23. The molecule has 3 rings (SSSR count). The van der Waals surface area contributed by atoms with E-state index in [2.05, 4.69) is 11.4 Å². The summed E-state index contributed by atoms with van der Waals surface area (Å²) >= 11 is 0. The maximum atomic E-state index is 8.42. The molecule has 2 heteroatoms. The van der Waals surface area contributed by atoms with E-state index in [1.54, 1.807) is 0 Å². The first kappa shape index (κ1) is 8.73. The van der Waals surface area contributed by atoms with Gasteiger partial charge in [-0.2, -0.15) is 5.26 Å². The topological polar surface area (TPSA) is 35.8 Å². The Morgan fingerprint density at radius 1 is 1.21 bits per heavy atom. The van der Waals surface area contributed by atoms with Crippen molar-refractivity contribution in [3.8, 4) is 6.07 Å². The molecular formula is C12H18N2. The van der Waals surface area contributed by atoms with E-state index >= 15 is 0 Å². The van der Waals surface area contributed by atoms with Crippen molar-refractivity contribution < 1.29 is 0 Å². The number of nitriles is 1. The summed E-state index contributed by atoms with van der Waals surface area (Å²) in [4.78, 5) is 0. The minimum atomic E-state index is 0.710. The molecule has 0 spiro atoms. The molecule has 0 aromatic heterocycles. The molecule has 3 fully saturated rings. The van der Waals surface area contributed by atoms with E-state index in [4.69, 9.17) is 5.26 Å². The molecule has 0 radical (unpaired) electrons. The van der Waals surface area contributed by atoms with Crippen LogP contribution in [0.25, 0.3) is 0 Å². The molecule has 0 aliphatic heterocycles. The van der Waals surface area contributed by atoms with Crippen molar-refractivity contribution in [2.24, 2.45) is 23.7 Å². The van der Waals surface area contributed by atoms with Gasteiger partial charge < -0.3 is 5.32 Å². The van der Waals surface area contributed by atoms with E-state index in [0.717, 1.165) is 42.7 Å². The third-order valence-electron chi connectivity index (χ3n) is 4.58. The van der Waals surface area contributed by atoms with E-state index in [1.165, 1.54) is 19.3 Å². The Kier molecular flexibility index (Phi) is 2.02. The lowest BCUT2D eigenvalue weighted by molar-refractivity contribution is 0.456. The van der Waals surface area contributed by atoms with E-state index in [9.17, 15) is 0 Å². The largest absolute Gasteiger partial charge is 0.313 e. The van der Waals surface area contributed by atoms with E-state index < -0.39 is 0 Å². The van der Waals surface area contributed by atoms with Crippen LogP contribution >= 0.6 is 0 Å². The van der Waals surface area contributed by atoms with Gasteiger partial charge in [0.1, 0.15) is 0 Å². The molecule has 14 heavy (non-hydrogen) atoms. The second-order valence-corrected chi connectivity index (χ2v) is 5.23. The highest BCUT2D eigenvalue weighted by Gasteiger charge is 2.64. The number of fused-ring (bicyclic) bond motifs is 5. The van der Waals surface area contributed by atoms with Crippen LogP contribution in [0.5, 0.6) is 0 Å². The Balaban J connectivity index is 1.44. The van der Waals surface area contributed by atoms with Crippen LogP contribution in [0.2, 0.25) is 0 Å². The Labute approximate surface area is 85.7 Å². The normalized spacial score (nSPS) is 47.5. The summed E-state index contributed by atoms with van der Waals surface area (Å²) in [6.45, 7) is 1.06. The Hall–Kier alpha value is -0.550. The number of unbranched alkanes of at least 4 members (excludes halogenated alkanes) is 1. The van der Waals surface area contributed by atoms with Gasteiger partial charge in [0, 0.05) is 12.5 Å². The second-order valence-electron chi connectivity index (χ2n) is 5.23. The molecule has 0 aromatic carbocycles. The molecule has 0 saturated heterocycles. The zero-order chi connectivity index (χ0) is 9.54. The Bertz CT molecular complexity index is 252. The molecule has 4 unspecified atom stereocenters. The highest BCUT2D eigenvalue weighted by atomic mass is 15.0. The van der Waals surface area contributed by atoms with E-state index in [1.807, 2.05) is 0 Å². The van der Waals surface area contributed by atoms with Crippen LogP contribution in [0.4, 0.5) is 0 Å². The maximum absolute atomic E-state index is 8.42. The summed E-state index contributed by atoms with van der Waals surface area (Å²) in [5.41, 5.74) is 0. The Morgan fingerprint density at radius 3 is 2.57 bits per heavy atom. The van der Waals surface area contributed by atoms with Crippen LogP contribution in [0.3, 0.4) is 0 Å². The van der Waals surface area contributed by atoms with Crippen LogP contribution in [0.1, 0.15) is 32.1 Å². The molecule has 76 valence electrons. The first-order chi connectivity index (χ1) is 6.92. The lowest BCUT2D eigenvalue weighted by Gasteiger charge is -2.09. The minimum absolute atomic E-state index is 0.710. The van der Waals surface area contributed by atoms with Gasteiger partial charge in [0.2, 0.25) is 0 Å². The second kappa shape index (κ2) is 3.24. The fraction of sp³-hybridized carbons (Fsp3) is 0.917. The molecule has 0 heterocycles. The molecule has 0 aromatic rings. The van der Waals surface area contributed by atoms with Crippen LogP contribution in [0, 0.1) is 35.0 Å². The average Bonchev–Trinajstić information content (AvgIpc) is 2.60. The molecule has 2 bridgehead atoms. The van der Waals surface area contributed by atoms with Crippen molar-refractivity contribution in [2.45, 2.75) is 38.1 Å². The number of hydrogen-bond donors (Lipinski definition) is 1. The molecule has 1 N–H and O–H groups in total. The highest BCUT2D eigenvalue weighted by Crippen LogP contribution is 2.65. The minimum Gasteiger partial charge on any atom is -0.313 e. The number of rotatable bonds is 4. The van der Waals surface area contributed by atoms with Gasteiger partial charge >= 0.3 is 0 Å². The maximum Gasteiger partial charge on any atom is 0.0622 e. The summed E-state index contributed by atoms with van der Waals surface area (Å²) in [7, 11) is 0. The van der Waals surface area contributed by atoms with Crippen LogP contribution in [-0.2, 0) is 0 Å². The highest BCUT2D eigenvalue weighted by molar-refractivity contribution is 5.16. The van der Waals surface area contributed by atoms with Crippen molar-refractivity contribution in [3.63, 3.8) is 0 Å². The molecule has 3 saturated carbocycles.